The molecule has 0 aromatic rings. The predicted octanol–water partition coefficient (Wildman–Crippen LogP) is 4.02. The molecule has 0 saturated carbocycles. The molecule has 3 heteroatoms. The number of nitrogens with one attached hydrogen (secondary N) is 1. The summed E-state index contributed by atoms with van der Waals surface area (Å²) in [5, 5.41) is 3.66. The van der Waals surface area contributed by atoms with Crippen LogP contribution in [0.15, 0.2) is 0 Å². The zero-order valence-corrected chi connectivity index (χ0v) is 16.3. The van der Waals surface area contributed by atoms with Gasteiger partial charge >= 0.3 is 0 Å². The van der Waals surface area contributed by atoms with Crippen molar-refractivity contribution in [2.45, 2.75) is 91.6 Å². The van der Waals surface area contributed by atoms with E-state index < -0.39 is 0 Å². The first-order valence-electron chi connectivity index (χ1n) is 9.68. The number of nitrogens with two attached hydrogens (primary N) is 1. The van der Waals surface area contributed by atoms with Gasteiger partial charge in [0.05, 0.1) is 0 Å². The molecule has 0 heterocycles. The Hall–Kier alpha value is -0.120. The van der Waals surface area contributed by atoms with Crippen molar-refractivity contribution in [1.82, 2.24) is 10.2 Å². The third-order valence-electron chi connectivity index (χ3n) is 5.59. The molecule has 0 fully saturated rings. The van der Waals surface area contributed by atoms with E-state index in [0.717, 1.165) is 25.6 Å². The predicted molar refractivity (Wildman–Crippen MR) is 100 cm³/mol. The largest absolute Gasteiger partial charge is 0.329 e. The Morgan fingerprint density at radius 1 is 1.09 bits per heavy atom. The highest BCUT2D eigenvalue weighted by molar-refractivity contribution is 4.92. The summed E-state index contributed by atoms with van der Waals surface area (Å²) in [6.45, 7) is 18.1. The summed E-state index contributed by atoms with van der Waals surface area (Å²) in [5.74, 6) is 0.734. The van der Waals surface area contributed by atoms with E-state index in [0.29, 0.717) is 6.04 Å². The molecule has 0 aliphatic rings. The van der Waals surface area contributed by atoms with Crippen molar-refractivity contribution >= 4 is 0 Å². The molecule has 0 bridgehead atoms. The van der Waals surface area contributed by atoms with E-state index in [1.54, 1.807) is 0 Å². The first kappa shape index (κ1) is 21.9. The van der Waals surface area contributed by atoms with Crippen LogP contribution in [-0.4, -0.2) is 42.7 Å². The molecule has 134 valence electrons. The van der Waals surface area contributed by atoms with Crippen LogP contribution in [0.3, 0.4) is 0 Å². The van der Waals surface area contributed by atoms with Crippen molar-refractivity contribution in [3.05, 3.63) is 0 Å². The third-order valence-corrected chi connectivity index (χ3v) is 5.59. The second-order valence-corrected chi connectivity index (χ2v) is 7.00. The Morgan fingerprint density at radius 3 is 2.23 bits per heavy atom. The van der Waals surface area contributed by atoms with Crippen molar-refractivity contribution in [1.29, 1.82) is 0 Å². The Kier molecular flexibility index (Phi) is 12.3. The van der Waals surface area contributed by atoms with Crippen LogP contribution in [0, 0.1) is 5.92 Å². The summed E-state index contributed by atoms with van der Waals surface area (Å²) in [7, 11) is 0. The number of hydrogen-bond donors (Lipinski definition) is 2. The molecule has 3 atom stereocenters. The summed E-state index contributed by atoms with van der Waals surface area (Å²) in [5.41, 5.74) is 6.18. The Labute approximate surface area is 140 Å². The molecule has 0 amide bonds. The first-order chi connectivity index (χ1) is 10.5. The highest BCUT2D eigenvalue weighted by atomic mass is 15.2. The molecule has 0 aromatic heterocycles. The average Bonchev–Trinajstić information content (AvgIpc) is 2.54. The minimum absolute atomic E-state index is 0.278. The molecule has 0 rings (SSSR count). The molecular formula is C19H43N3. The minimum Gasteiger partial charge on any atom is -0.329 e. The number of hydrogen-bond acceptors (Lipinski definition) is 3. The fourth-order valence-electron chi connectivity index (χ4n) is 3.50. The van der Waals surface area contributed by atoms with Gasteiger partial charge in [-0.15, -0.1) is 0 Å². The van der Waals surface area contributed by atoms with Crippen LogP contribution < -0.4 is 11.1 Å². The van der Waals surface area contributed by atoms with Gasteiger partial charge in [0.1, 0.15) is 0 Å². The van der Waals surface area contributed by atoms with Crippen LogP contribution in [0.1, 0.15) is 80.1 Å². The van der Waals surface area contributed by atoms with Crippen LogP contribution in [0.2, 0.25) is 0 Å². The minimum atomic E-state index is 0.278. The summed E-state index contributed by atoms with van der Waals surface area (Å²) in [4.78, 5) is 2.67. The van der Waals surface area contributed by atoms with Gasteiger partial charge < -0.3 is 11.1 Å². The van der Waals surface area contributed by atoms with Crippen molar-refractivity contribution in [3.63, 3.8) is 0 Å². The average molecular weight is 314 g/mol. The second kappa shape index (κ2) is 12.3. The van der Waals surface area contributed by atoms with E-state index in [4.69, 9.17) is 5.73 Å². The van der Waals surface area contributed by atoms with Gasteiger partial charge in [-0.1, -0.05) is 40.5 Å². The Bertz CT molecular complexity index is 257. The molecular weight excluding hydrogens is 270 g/mol. The third kappa shape index (κ3) is 6.97. The van der Waals surface area contributed by atoms with Gasteiger partial charge in [0, 0.05) is 24.7 Å². The highest BCUT2D eigenvalue weighted by Crippen LogP contribution is 2.33. The van der Waals surface area contributed by atoms with Crippen molar-refractivity contribution < 1.29 is 0 Å². The van der Waals surface area contributed by atoms with E-state index in [1.807, 2.05) is 0 Å². The van der Waals surface area contributed by atoms with Gasteiger partial charge in [-0.3, -0.25) is 4.90 Å². The number of nitrogens with zero attached hydrogens (tertiary/aromatic N) is 1. The zero-order valence-electron chi connectivity index (χ0n) is 16.3. The maximum absolute atomic E-state index is 5.90. The summed E-state index contributed by atoms with van der Waals surface area (Å²) in [6, 6.07) is 0.630. The fraction of sp³-hybridized carbons (Fsp3) is 1.00. The van der Waals surface area contributed by atoms with Crippen LogP contribution in [-0.2, 0) is 0 Å². The lowest BCUT2D eigenvalue weighted by molar-refractivity contribution is 0.0369. The van der Waals surface area contributed by atoms with Crippen molar-refractivity contribution in [3.8, 4) is 0 Å². The summed E-state index contributed by atoms with van der Waals surface area (Å²) < 4.78 is 0. The van der Waals surface area contributed by atoms with Crippen LogP contribution in [0.5, 0.6) is 0 Å². The van der Waals surface area contributed by atoms with Crippen LogP contribution in [0.25, 0.3) is 0 Å². The van der Waals surface area contributed by atoms with E-state index in [9.17, 15) is 0 Å². The molecule has 0 spiro atoms. The molecule has 0 aromatic carbocycles. The van der Waals surface area contributed by atoms with Crippen LogP contribution >= 0.6 is 0 Å². The zero-order chi connectivity index (χ0) is 17.0. The van der Waals surface area contributed by atoms with Crippen LogP contribution in [0.4, 0.5) is 0 Å². The SMILES string of the molecule is CCCCN(CCN)C(C)(CC)C(CC)CCNC(C)CC. The molecule has 22 heavy (non-hydrogen) atoms. The maximum Gasteiger partial charge on any atom is 0.0207 e. The highest BCUT2D eigenvalue weighted by Gasteiger charge is 2.36. The van der Waals surface area contributed by atoms with E-state index in [-0.39, 0.29) is 5.54 Å². The lowest BCUT2D eigenvalue weighted by atomic mass is 9.77. The molecule has 3 unspecified atom stereocenters. The lowest BCUT2D eigenvalue weighted by Gasteiger charge is -2.47. The second-order valence-electron chi connectivity index (χ2n) is 7.00. The Balaban J connectivity index is 4.83. The van der Waals surface area contributed by atoms with E-state index >= 15 is 0 Å². The first-order valence-corrected chi connectivity index (χ1v) is 9.68. The van der Waals surface area contributed by atoms with Gasteiger partial charge in [-0.05, 0) is 58.5 Å². The van der Waals surface area contributed by atoms with Gasteiger partial charge in [0.2, 0.25) is 0 Å². The molecule has 0 aliphatic carbocycles. The molecule has 0 radical (unpaired) electrons. The maximum atomic E-state index is 5.90. The number of rotatable bonds is 14. The molecule has 0 saturated heterocycles. The quantitative estimate of drug-likeness (QED) is 0.509. The fourth-order valence-corrected chi connectivity index (χ4v) is 3.50. The topological polar surface area (TPSA) is 41.3 Å². The molecule has 3 N–H and O–H groups in total. The smallest absolute Gasteiger partial charge is 0.0207 e. The van der Waals surface area contributed by atoms with Crippen molar-refractivity contribution in [2.75, 3.05) is 26.2 Å². The van der Waals surface area contributed by atoms with Gasteiger partial charge in [0.25, 0.3) is 0 Å². The standard InChI is InChI=1S/C19H43N3/c1-7-11-15-22(16-13-20)19(6,10-4)18(9-3)12-14-21-17(5)8-2/h17-18,21H,7-16,20H2,1-6H3. The van der Waals surface area contributed by atoms with Crippen molar-refractivity contribution in [2.24, 2.45) is 11.7 Å². The number of unbranched alkanes of at least 4 members (excludes halogenated alkanes) is 1. The van der Waals surface area contributed by atoms with E-state index in [2.05, 4.69) is 51.8 Å². The van der Waals surface area contributed by atoms with Gasteiger partial charge in [-0.25, -0.2) is 0 Å². The molecule has 0 aliphatic heterocycles. The van der Waals surface area contributed by atoms with Gasteiger partial charge in [0.15, 0.2) is 0 Å². The van der Waals surface area contributed by atoms with E-state index in [1.165, 1.54) is 45.1 Å². The molecule has 3 nitrogen and oxygen atoms in total. The monoisotopic (exact) mass is 313 g/mol. The normalized spacial score (nSPS) is 17.5. The van der Waals surface area contributed by atoms with Gasteiger partial charge in [-0.2, -0.15) is 0 Å². The Morgan fingerprint density at radius 2 is 1.77 bits per heavy atom. The summed E-state index contributed by atoms with van der Waals surface area (Å²) in [6.07, 6.45) is 7.46. The summed E-state index contributed by atoms with van der Waals surface area (Å²) >= 11 is 0. The lowest BCUT2D eigenvalue weighted by Crippen LogP contribution is -2.53.